The van der Waals surface area contributed by atoms with E-state index in [1.807, 2.05) is 30.3 Å². The molecule has 0 aliphatic carbocycles. The van der Waals surface area contributed by atoms with Gasteiger partial charge in [0, 0.05) is 31.1 Å². The zero-order chi connectivity index (χ0) is 25.2. The highest BCUT2D eigenvalue weighted by molar-refractivity contribution is 7.93. The lowest BCUT2D eigenvalue weighted by atomic mass is 10.2. The van der Waals surface area contributed by atoms with Gasteiger partial charge in [0.05, 0.1) is 23.0 Å². The van der Waals surface area contributed by atoms with Crippen molar-refractivity contribution in [1.29, 1.82) is 0 Å². The quantitative estimate of drug-likeness (QED) is 0.472. The Labute approximate surface area is 202 Å². The maximum Gasteiger partial charge on any atom is 0.427 e. The van der Waals surface area contributed by atoms with Crippen molar-refractivity contribution in [3.05, 3.63) is 64.6 Å². The fourth-order valence-corrected chi connectivity index (χ4v) is 5.58. The first-order valence-electron chi connectivity index (χ1n) is 10.3. The molecule has 4 rings (SSSR count). The summed E-state index contributed by atoms with van der Waals surface area (Å²) in [5.41, 5.74) is 0.656. The van der Waals surface area contributed by atoms with Gasteiger partial charge in [-0.25, -0.2) is 14.8 Å². The van der Waals surface area contributed by atoms with Gasteiger partial charge in [-0.1, -0.05) is 30.3 Å². The molecule has 0 spiro atoms. The van der Waals surface area contributed by atoms with Gasteiger partial charge in [-0.05, 0) is 18.1 Å². The van der Waals surface area contributed by atoms with Crippen LogP contribution >= 0.6 is 11.3 Å². The van der Waals surface area contributed by atoms with E-state index < -0.39 is 38.7 Å². The van der Waals surface area contributed by atoms with Crippen LogP contribution in [-0.4, -0.2) is 53.6 Å². The van der Waals surface area contributed by atoms with Crippen molar-refractivity contribution in [3.63, 3.8) is 0 Å². The van der Waals surface area contributed by atoms with E-state index in [9.17, 15) is 31.5 Å². The molecular formula is C21H20F3N5O4S2. The zero-order valence-electron chi connectivity index (χ0n) is 18.0. The van der Waals surface area contributed by atoms with E-state index in [-0.39, 0.29) is 16.0 Å². The molecule has 2 N–H and O–H groups in total. The van der Waals surface area contributed by atoms with E-state index in [0.717, 1.165) is 28.5 Å². The van der Waals surface area contributed by atoms with Crippen molar-refractivity contribution in [3.8, 4) is 0 Å². The average Bonchev–Trinajstić information content (AvgIpc) is 3.46. The lowest BCUT2D eigenvalue weighted by molar-refractivity contribution is -0.137. The number of halogens is 3. The third-order valence-corrected chi connectivity index (χ3v) is 7.52. The monoisotopic (exact) mass is 527 g/mol. The van der Waals surface area contributed by atoms with Gasteiger partial charge >= 0.3 is 12.3 Å². The first-order chi connectivity index (χ1) is 16.6. The largest absolute Gasteiger partial charge is 0.464 e. The van der Waals surface area contributed by atoms with Crippen molar-refractivity contribution in [2.75, 3.05) is 22.7 Å². The number of pyridine rings is 1. The Morgan fingerprint density at radius 3 is 2.63 bits per heavy atom. The van der Waals surface area contributed by atoms with E-state index in [1.54, 1.807) is 0 Å². The van der Waals surface area contributed by atoms with Crippen LogP contribution in [0.4, 0.5) is 29.5 Å². The Hall–Kier alpha value is -3.23. The highest BCUT2D eigenvalue weighted by Crippen LogP contribution is 2.37. The van der Waals surface area contributed by atoms with Gasteiger partial charge < -0.3 is 10.4 Å². The summed E-state index contributed by atoms with van der Waals surface area (Å²) in [7, 11) is -4.96. The van der Waals surface area contributed by atoms with Crippen LogP contribution in [0, 0.1) is 0 Å². The van der Waals surface area contributed by atoms with E-state index in [1.165, 1.54) is 5.51 Å². The molecule has 0 saturated carbocycles. The van der Waals surface area contributed by atoms with Gasteiger partial charge in [0.15, 0.2) is 10.8 Å². The summed E-state index contributed by atoms with van der Waals surface area (Å²) in [6, 6.07) is 9.71. The fourth-order valence-electron chi connectivity index (χ4n) is 3.81. The Balaban J connectivity index is 1.58. The number of carboxylic acid groups (broad SMARTS) is 1. The highest BCUT2D eigenvalue weighted by Gasteiger charge is 2.39. The Bertz CT molecular complexity index is 1290. The normalized spacial score (nSPS) is 16.8. The van der Waals surface area contributed by atoms with Gasteiger partial charge in [0.1, 0.15) is 0 Å². The number of benzene rings is 1. The standard InChI is InChI=1S/C21H20F3N5O4S2/c22-21(23,24)16-8-19(35(32,33)29(20(30)31)18-12-34-13-26-18)25-9-17(16)27-15-6-7-28(11-15)10-14-4-2-1-3-5-14/h1-5,8-9,12-13,15,27H,6-7,10-11H2,(H,30,31)/t15-/m0/s1. The van der Waals surface area contributed by atoms with Gasteiger partial charge in [0.2, 0.25) is 0 Å². The van der Waals surface area contributed by atoms with Crippen LogP contribution in [0.5, 0.6) is 0 Å². The number of alkyl halides is 3. The minimum absolute atomic E-state index is 0.0997. The molecule has 1 fully saturated rings. The summed E-state index contributed by atoms with van der Waals surface area (Å²) >= 11 is 0.930. The topological polar surface area (TPSA) is 116 Å². The molecule has 1 aromatic carbocycles. The number of thiazole rings is 1. The number of nitrogens with zero attached hydrogens (tertiary/aromatic N) is 4. The number of hydrogen-bond donors (Lipinski definition) is 2. The third kappa shape index (κ3) is 5.55. The Morgan fingerprint density at radius 1 is 1.26 bits per heavy atom. The summed E-state index contributed by atoms with van der Waals surface area (Å²) < 4.78 is 67.3. The number of anilines is 2. The maximum atomic E-state index is 13.9. The highest BCUT2D eigenvalue weighted by atomic mass is 32.2. The second-order valence-corrected chi connectivity index (χ2v) is 10.3. The summed E-state index contributed by atoms with van der Waals surface area (Å²) in [5, 5.41) is 12.3. The molecule has 1 atom stereocenters. The van der Waals surface area contributed by atoms with Crippen LogP contribution in [0.25, 0.3) is 0 Å². The molecule has 14 heteroatoms. The first kappa shape index (κ1) is 24.9. The number of amides is 1. The molecule has 0 bridgehead atoms. The van der Waals surface area contributed by atoms with Crippen LogP contribution < -0.4 is 9.62 Å². The molecule has 0 radical (unpaired) electrons. The average molecular weight is 528 g/mol. The third-order valence-electron chi connectivity index (χ3n) is 5.37. The molecule has 0 unspecified atom stereocenters. The number of aromatic nitrogens is 2. The minimum atomic E-state index is -4.96. The lowest BCUT2D eigenvalue weighted by Gasteiger charge is -2.21. The predicted octanol–water partition coefficient (Wildman–Crippen LogP) is 4.12. The predicted molar refractivity (Wildman–Crippen MR) is 123 cm³/mol. The SMILES string of the molecule is O=C(O)N(c1cscn1)S(=O)(=O)c1cc(C(F)(F)F)c(N[C@H]2CCN(Cc3ccccc3)C2)cn1. The molecule has 186 valence electrons. The van der Waals surface area contributed by atoms with Crippen molar-refractivity contribution in [2.45, 2.75) is 30.2 Å². The summed E-state index contributed by atoms with van der Waals surface area (Å²) in [6.45, 7) is 1.82. The molecule has 1 amide bonds. The van der Waals surface area contributed by atoms with Gasteiger partial charge in [-0.2, -0.15) is 21.6 Å². The van der Waals surface area contributed by atoms with Crippen molar-refractivity contribution < 1.29 is 31.5 Å². The smallest absolute Gasteiger partial charge is 0.427 e. The van der Waals surface area contributed by atoms with Crippen molar-refractivity contribution in [2.24, 2.45) is 0 Å². The Morgan fingerprint density at radius 2 is 2.00 bits per heavy atom. The number of sulfonamides is 1. The molecule has 1 aliphatic rings. The van der Waals surface area contributed by atoms with E-state index in [2.05, 4.69) is 20.2 Å². The van der Waals surface area contributed by atoms with Crippen LogP contribution in [0.2, 0.25) is 0 Å². The van der Waals surface area contributed by atoms with Crippen LogP contribution in [0.15, 0.2) is 58.5 Å². The molecule has 1 aliphatic heterocycles. The maximum absolute atomic E-state index is 13.9. The summed E-state index contributed by atoms with van der Waals surface area (Å²) in [6.07, 6.45) is -5.47. The number of likely N-dealkylation sites (tertiary alicyclic amines) is 1. The zero-order valence-corrected chi connectivity index (χ0v) is 19.6. The number of rotatable bonds is 7. The second-order valence-electron chi connectivity index (χ2n) is 7.82. The molecule has 1 saturated heterocycles. The first-order valence-corrected chi connectivity index (χ1v) is 12.7. The molecular weight excluding hydrogens is 507 g/mol. The van der Waals surface area contributed by atoms with Crippen LogP contribution in [0.3, 0.4) is 0 Å². The van der Waals surface area contributed by atoms with Crippen molar-refractivity contribution in [1.82, 2.24) is 14.9 Å². The summed E-state index contributed by atoms with van der Waals surface area (Å²) in [5.74, 6) is -0.454. The molecule has 9 nitrogen and oxygen atoms in total. The fraction of sp³-hybridized carbons (Fsp3) is 0.286. The number of hydrogen-bond acceptors (Lipinski definition) is 8. The van der Waals surface area contributed by atoms with E-state index in [4.69, 9.17) is 0 Å². The number of nitrogens with one attached hydrogen (secondary N) is 1. The lowest BCUT2D eigenvalue weighted by Crippen LogP contribution is -2.36. The molecule has 2 aromatic heterocycles. The minimum Gasteiger partial charge on any atom is -0.464 e. The van der Waals surface area contributed by atoms with Crippen LogP contribution in [-0.2, 0) is 22.7 Å². The molecule has 3 heterocycles. The van der Waals surface area contributed by atoms with E-state index in [0.29, 0.717) is 32.1 Å². The Kier molecular flexibility index (Phi) is 6.96. The van der Waals surface area contributed by atoms with Gasteiger partial charge in [0.25, 0.3) is 10.0 Å². The summed E-state index contributed by atoms with van der Waals surface area (Å²) in [4.78, 5) is 21.0. The van der Waals surface area contributed by atoms with Crippen molar-refractivity contribution >= 4 is 39.0 Å². The second kappa shape index (κ2) is 9.79. The van der Waals surface area contributed by atoms with Gasteiger partial charge in [-0.3, -0.25) is 4.90 Å². The van der Waals surface area contributed by atoms with E-state index >= 15 is 0 Å². The van der Waals surface area contributed by atoms with Gasteiger partial charge in [-0.15, -0.1) is 15.6 Å². The van der Waals surface area contributed by atoms with Crippen LogP contribution in [0.1, 0.15) is 17.5 Å². The molecule has 35 heavy (non-hydrogen) atoms. The molecule has 3 aromatic rings. The number of carbonyl (C=O) groups is 1.